The lowest BCUT2D eigenvalue weighted by molar-refractivity contribution is -0.136. The van der Waals surface area contributed by atoms with Gasteiger partial charge in [-0.25, -0.2) is 9.67 Å². The van der Waals surface area contributed by atoms with E-state index in [4.69, 9.17) is 5.73 Å². The summed E-state index contributed by atoms with van der Waals surface area (Å²) in [4.78, 5) is 40.8. The first-order valence-corrected chi connectivity index (χ1v) is 9.95. The number of hydrogen-bond donors (Lipinski definition) is 3. The molecule has 166 valence electrons. The molecule has 10 heteroatoms. The third kappa shape index (κ3) is 5.01. The number of nitrogens with two attached hydrogens (primary N) is 1. The van der Waals surface area contributed by atoms with Crippen molar-refractivity contribution in [1.82, 2.24) is 25.4 Å². The normalized spacial score (nSPS) is 13.4. The summed E-state index contributed by atoms with van der Waals surface area (Å²) in [6, 6.07) is 11.6. The Labute approximate surface area is 190 Å². The van der Waals surface area contributed by atoms with Crippen molar-refractivity contribution >= 4 is 30.0 Å². The van der Waals surface area contributed by atoms with E-state index in [0.717, 1.165) is 24.2 Å². The molecule has 0 aliphatic carbocycles. The third-order valence-corrected chi connectivity index (χ3v) is 5.16. The van der Waals surface area contributed by atoms with Crippen LogP contribution >= 0.6 is 12.4 Å². The van der Waals surface area contributed by atoms with Gasteiger partial charge in [0.2, 0.25) is 5.78 Å². The average Bonchev–Trinajstić information content (AvgIpc) is 3.23. The van der Waals surface area contributed by atoms with Crippen molar-refractivity contribution in [2.45, 2.75) is 25.4 Å². The number of nitrogens with one attached hydrogen (secondary N) is 2. The summed E-state index contributed by atoms with van der Waals surface area (Å²) in [5, 5.41) is 10.7. The van der Waals surface area contributed by atoms with Crippen LogP contribution in [0.3, 0.4) is 0 Å². The van der Waals surface area contributed by atoms with Gasteiger partial charge in [-0.1, -0.05) is 30.3 Å². The Balaban J connectivity index is 0.00000289. The summed E-state index contributed by atoms with van der Waals surface area (Å²) in [6.45, 7) is 1.54. The van der Waals surface area contributed by atoms with E-state index in [9.17, 15) is 14.4 Å². The Morgan fingerprint density at radius 3 is 2.66 bits per heavy atom. The van der Waals surface area contributed by atoms with E-state index in [1.807, 2.05) is 12.3 Å². The van der Waals surface area contributed by atoms with E-state index in [0.29, 0.717) is 23.5 Å². The molecule has 2 aromatic heterocycles. The van der Waals surface area contributed by atoms with Gasteiger partial charge >= 0.3 is 0 Å². The van der Waals surface area contributed by atoms with Gasteiger partial charge in [-0.2, -0.15) is 5.10 Å². The van der Waals surface area contributed by atoms with E-state index < -0.39 is 23.6 Å². The van der Waals surface area contributed by atoms with Crippen LogP contribution in [0.2, 0.25) is 0 Å². The molecular formula is C22H23ClN6O3. The van der Waals surface area contributed by atoms with Gasteiger partial charge in [-0.15, -0.1) is 12.4 Å². The highest BCUT2D eigenvalue weighted by atomic mass is 35.5. The fourth-order valence-corrected chi connectivity index (χ4v) is 3.56. The van der Waals surface area contributed by atoms with Crippen molar-refractivity contribution in [2.24, 2.45) is 5.73 Å². The van der Waals surface area contributed by atoms with Gasteiger partial charge in [-0.05, 0) is 36.2 Å². The SMILES string of the molecule is Cl.NC(=O)C(=O)CC(NC(=O)c1cccnc1-n1cc2c(n1)CNCC2)c1ccccc1. The van der Waals surface area contributed by atoms with Crippen LogP contribution in [0.25, 0.3) is 5.82 Å². The molecule has 0 radical (unpaired) electrons. The number of benzene rings is 1. The number of carbonyl (C=O) groups is 3. The second kappa shape index (κ2) is 10.2. The monoisotopic (exact) mass is 454 g/mol. The Morgan fingerprint density at radius 2 is 1.94 bits per heavy atom. The van der Waals surface area contributed by atoms with Crippen LogP contribution in [-0.2, 0) is 22.6 Å². The zero-order chi connectivity index (χ0) is 21.8. The standard InChI is InChI=1S/C22H22N6O3.ClH/c23-20(30)19(29)11-17(14-5-2-1-3-6-14)26-22(31)16-7-4-9-25-21(16)28-13-15-8-10-24-12-18(15)27-28;/h1-7,9,13,17,24H,8,10-12H2,(H2,23,30)(H,26,31);1H. The smallest absolute Gasteiger partial charge is 0.284 e. The predicted octanol–water partition coefficient (Wildman–Crippen LogP) is 1.25. The number of ketones is 1. The number of pyridine rings is 1. The fraction of sp³-hybridized carbons (Fsp3) is 0.227. The van der Waals surface area contributed by atoms with E-state index in [1.54, 1.807) is 47.3 Å². The molecule has 4 rings (SSSR count). The highest BCUT2D eigenvalue weighted by Gasteiger charge is 2.24. The maximum Gasteiger partial charge on any atom is 0.284 e. The second-order valence-electron chi connectivity index (χ2n) is 7.28. The molecular weight excluding hydrogens is 432 g/mol. The summed E-state index contributed by atoms with van der Waals surface area (Å²) in [5.74, 6) is -1.83. The number of aromatic nitrogens is 3. The molecule has 4 N–H and O–H groups in total. The fourth-order valence-electron chi connectivity index (χ4n) is 3.56. The summed E-state index contributed by atoms with van der Waals surface area (Å²) in [7, 11) is 0. The maximum atomic E-state index is 13.2. The number of amides is 2. The molecule has 0 spiro atoms. The summed E-state index contributed by atoms with van der Waals surface area (Å²) in [6.07, 6.45) is 4.11. The molecule has 1 aromatic carbocycles. The minimum Gasteiger partial charge on any atom is -0.363 e. The minimum absolute atomic E-state index is 0. The molecule has 3 heterocycles. The Bertz CT molecular complexity index is 1110. The van der Waals surface area contributed by atoms with Crippen LogP contribution in [0.15, 0.2) is 54.9 Å². The maximum absolute atomic E-state index is 13.2. The van der Waals surface area contributed by atoms with Gasteiger partial charge in [0.25, 0.3) is 11.8 Å². The van der Waals surface area contributed by atoms with E-state index in [2.05, 4.69) is 20.7 Å². The topological polar surface area (TPSA) is 132 Å². The van der Waals surface area contributed by atoms with Crippen molar-refractivity contribution in [3.63, 3.8) is 0 Å². The van der Waals surface area contributed by atoms with Crippen molar-refractivity contribution < 1.29 is 14.4 Å². The van der Waals surface area contributed by atoms with E-state index in [1.165, 1.54) is 0 Å². The van der Waals surface area contributed by atoms with Crippen LogP contribution in [0.5, 0.6) is 0 Å². The summed E-state index contributed by atoms with van der Waals surface area (Å²) in [5.41, 5.74) is 8.17. The lowest BCUT2D eigenvalue weighted by atomic mass is 10.0. The molecule has 3 aromatic rings. The zero-order valence-corrected chi connectivity index (χ0v) is 18.0. The molecule has 1 aliphatic rings. The average molecular weight is 455 g/mol. The number of fused-ring (bicyclic) bond motifs is 1. The van der Waals surface area contributed by atoms with E-state index >= 15 is 0 Å². The molecule has 0 saturated heterocycles. The van der Waals surface area contributed by atoms with Crippen LogP contribution in [0, 0.1) is 0 Å². The first-order valence-electron chi connectivity index (χ1n) is 9.95. The van der Waals surface area contributed by atoms with Crippen LogP contribution < -0.4 is 16.4 Å². The van der Waals surface area contributed by atoms with Gasteiger partial charge in [0, 0.05) is 25.4 Å². The summed E-state index contributed by atoms with van der Waals surface area (Å²) < 4.78 is 1.61. The van der Waals surface area contributed by atoms with Gasteiger partial charge in [0.15, 0.2) is 5.82 Å². The Morgan fingerprint density at radius 1 is 1.16 bits per heavy atom. The lowest BCUT2D eigenvalue weighted by Crippen LogP contribution is -2.34. The second-order valence-corrected chi connectivity index (χ2v) is 7.28. The Kier molecular flexibility index (Phi) is 7.34. The van der Waals surface area contributed by atoms with Crippen molar-refractivity contribution in [2.75, 3.05) is 6.54 Å². The van der Waals surface area contributed by atoms with Crippen molar-refractivity contribution in [1.29, 1.82) is 0 Å². The van der Waals surface area contributed by atoms with Crippen LogP contribution in [0.4, 0.5) is 0 Å². The molecule has 9 nitrogen and oxygen atoms in total. The summed E-state index contributed by atoms with van der Waals surface area (Å²) >= 11 is 0. The number of hydrogen-bond acceptors (Lipinski definition) is 6. The molecule has 2 amide bonds. The van der Waals surface area contributed by atoms with E-state index in [-0.39, 0.29) is 18.8 Å². The molecule has 1 unspecified atom stereocenters. The molecule has 0 bridgehead atoms. The van der Waals surface area contributed by atoms with Gasteiger partial charge in [0.1, 0.15) is 0 Å². The number of rotatable bonds is 7. The van der Waals surface area contributed by atoms with Crippen LogP contribution in [0.1, 0.15) is 39.6 Å². The molecule has 0 saturated carbocycles. The van der Waals surface area contributed by atoms with Gasteiger partial charge < -0.3 is 16.4 Å². The minimum atomic E-state index is -1.03. The largest absolute Gasteiger partial charge is 0.363 e. The van der Waals surface area contributed by atoms with Gasteiger partial charge in [-0.3, -0.25) is 14.4 Å². The lowest BCUT2D eigenvalue weighted by Gasteiger charge is -2.19. The van der Waals surface area contributed by atoms with Crippen molar-refractivity contribution in [3.8, 4) is 5.82 Å². The number of carbonyl (C=O) groups excluding carboxylic acids is 3. The number of Topliss-reactive ketones (excluding diaryl/α,β-unsaturated/α-hetero) is 1. The molecule has 32 heavy (non-hydrogen) atoms. The highest BCUT2D eigenvalue weighted by molar-refractivity contribution is 6.35. The quantitative estimate of drug-likeness (QED) is 0.460. The number of nitrogens with zero attached hydrogens (tertiary/aromatic N) is 3. The number of halogens is 1. The predicted molar refractivity (Wildman–Crippen MR) is 119 cm³/mol. The first kappa shape index (κ1) is 23.1. The van der Waals surface area contributed by atoms with Gasteiger partial charge in [0.05, 0.1) is 17.3 Å². The molecule has 0 fully saturated rings. The first-order chi connectivity index (χ1) is 15.0. The van der Waals surface area contributed by atoms with Crippen LogP contribution in [-0.4, -0.2) is 38.9 Å². The molecule has 1 atom stereocenters. The third-order valence-electron chi connectivity index (χ3n) is 5.16. The van der Waals surface area contributed by atoms with Crippen molar-refractivity contribution in [3.05, 3.63) is 77.2 Å². The molecule has 1 aliphatic heterocycles. The Hall–Kier alpha value is -3.56. The highest BCUT2D eigenvalue weighted by Crippen LogP contribution is 2.20. The zero-order valence-electron chi connectivity index (χ0n) is 17.2. The number of primary amides is 1.